The maximum Gasteiger partial charge on any atom is 0.234 e. The summed E-state index contributed by atoms with van der Waals surface area (Å²) in [4.78, 5) is 16.8. The van der Waals surface area contributed by atoms with Gasteiger partial charge in [0.15, 0.2) is 0 Å². The van der Waals surface area contributed by atoms with Crippen molar-refractivity contribution in [1.82, 2.24) is 0 Å². The lowest BCUT2D eigenvalue weighted by molar-refractivity contribution is -0.119. The molecule has 4 aliphatic rings. The molecule has 2 fully saturated rings. The Hall–Kier alpha value is -2.77. The number of carbonyl (C=O) groups is 1. The third kappa shape index (κ3) is 4.68. The highest BCUT2D eigenvalue weighted by molar-refractivity contribution is 6.07. The van der Waals surface area contributed by atoms with Crippen molar-refractivity contribution in [2.24, 2.45) is 0 Å². The average Bonchev–Trinajstić information content (AvgIpc) is 3.33. The second-order valence-electron chi connectivity index (χ2n) is 11.8. The summed E-state index contributed by atoms with van der Waals surface area (Å²) in [5.41, 5.74) is 9.86. The maximum absolute atomic E-state index is 12.0. The first-order valence-electron chi connectivity index (χ1n) is 13.6. The summed E-state index contributed by atoms with van der Waals surface area (Å²) in [6.07, 6.45) is 0. The van der Waals surface area contributed by atoms with Crippen molar-refractivity contribution in [2.75, 3.05) is 79.6 Å². The minimum absolute atomic E-state index is 0.0877. The van der Waals surface area contributed by atoms with Gasteiger partial charge in [-0.1, -0.05) is 26.0 Å². The summed E-state index contributed by atoms with van der Waals surface area (Å²) < 4.78 is 10.8. The normalized spacial score (nSPS) is 21.4. The number of nitrogens with one attached hydrogen (secondary N) is 2. The van der Waals surface area contributed by atoms with Gasteiger partial charge in [-0.2, -0.15) is 0 Å². The Morgan fingerprint density at radius 2 is 1.22 bits per heavy atom. The standard InChI is InChI=1S/C15H20N2O2.C15H22N2O/c1-10-12(17-6-8-19-9-7-17)5-4-11-13(10)16-14(18)15(11,2)3;1-11-13(17-6-8-18-9-7-17)5-4-12-14(11)16-10-15(12,2)3/h4-5H,6-9H2,1-3H3,(H,16,18);4-5,16H,6-10H2,1-3H3. The van der Waals surface area contributed by atoms with E-state index in [2.05, 4.69) is 72.4 Å². The second-order valence-corrected chi connectivity index (χ2v) is 11.8. The quantitative estimate of drug-likeness (QED) is 0.621. The van der Waals surface area contributed by atoms with E-state index in [1.165, 1.54) is 33.8 Å². The van der Waals surface area contributed by atoms with Gasteiger partial charge in [0, 0.05) is 55.2 Å². The lowest BCUT2D eigenvalue weighted by Gasteiger charge is -2.31. The number of rotatable bonds is 2. The number of carbonyl (C=O) groups excluding carboxylic acids is 1. The number of anilines is 4. The molecule has 7 heteroatoms. The van der Waals surface area contributed by atoms with Crippen LogP contribution in [0.1, 0.15) is 49.9 Å². The van der Waals surface area contributed by atoms with E-state index in [4.69, 9.17) is 9.47 Å². The minimum atomic E-state index is -0.427. The third-order valence-electron chi connectivity index (χ3n) is 8.49. The molecule has 7 nitrogen and oxygen atoms in total. The van der Waals surface area contributed by atoms with Crippen molar-refractivity contribution < 1.29 is 14.3 Å². The molecular weight excluding hydrogens is 464 g/mol. The summed E-state index contributed by atoms with van der Waals surface area (Å²) in [7, 11) is 0. The SMILES string of the molecule is Cc1c(N2CCOCC2)ccc2c1NC(=O)C2(C)C.Cc1c(N2CCOCC2)ccc2c1NCC2(C)C. The number of benzene rings is 2. The molecule has 37 heavy (non-hydrogen) atoms. The van der Waals surface area contributed by atoms with Gasteiger partial charge in [0.1, 0.15) is 0 Å². The third-order valence-corrected chi connectivity index (χ3v) is 8.49. The van der Waals surface area contributed by atoms with Crippen molar-refractivity contribution in [1.29, 1.82) is 0 Å². The second kappa shape index (κ2) is 9.84. The number of ether oxygens (including phenoxy) is 2. The van der Waals surface area contributed by atoms with Crippen molar-refractivity contribution >= 4 is 28.7 Å². The van der Waals surface area contributed by atoms with Crippen LogP contribution in [-0.4, -0.2) is 65.1 Å². The van der Waals surface area contributed by atoms with E-state index < -0.39 is 5.41 Å². The average molecular weight is 507 g/mol. The smallest absolute Gasteiger partial charge is 0.234 e. The summed E-state index contributed by atoms with van der Waals surface area (Å²) in [5, 5.41) is 6.62. The summed E-state index contributed by atoms with van der Waals surface area (Å²) in [6, 6.07) is 8.81. The lowest BCUT2D eigenvalue weighted by atomic mass is 9.85. The Balaban J connectivity index is 0.000000152. The zero-order chi connectivity index (χ0) is 26.4. The number of morpholine rings is 2. The van der Waals surface area contributed by atoms with E-state index >= 15 is 0 Å². The van der Waals surface area contributed by atoms with Crippen LogP contribution in [0, 0.1) is 13.8 Å². The van der Waals surface area contributed by atoms with E-state index in [9.17, 15) is 4.79 Å². The number of amides is 1. The number of nitrogens with zero attached hydrogens (tertiary/aromatic N) is 2. The highest BCUT2D eigenvalue weighted by Gasteiger charge is 2.39. The van der Waals surface area contributed by atoms with Crippen LogP contribution in [0.15, 0.2) is 24.3 Å². The van der Waals surface area contributed by atoms with Crippen molar-refractivity contribution in [3.8, 4) is 0 Å². The molecule has 0 radical (unpaired) electrons. The van der Waals surface area contributed by atoms with E-state index in [0.717, 1.165) is 70.4 Å². The molecule has 0 aliphatic carbocycles. The summed E-state index contributed by atoms with van der Waals surface area (Å²) in [5.74, 6) is 0.0877. The fourth-order valence-electron chi connectivity index (χ4n) is 5.97. The van der Waals surface area contributed by atoms with Gasteiger partial charge < -0.3 is 29.9 Å². The number of hydrogen-bond donors (Lipinski definition) is 2. The Morgan fingerprint density at radius 3 is 1.76 bits per heavy atom. The van der Waals surface area contributed by atoms with Crippen LogP contribution in [0.2, 0.25) is 0 Å². The summed E-state index contributed by atoms with van der Waals surface area (Å²) >= 11 is 0. The molecule has 0 aromatic heterocycles. The molecule has 0 atom stereocenters. The van der Waals surface area contributed by atoms with Gasteiger partial charge in [0.05, 0.1) is 37.5 Å². The topological polar surface area (TPSA) is 66.1 Å². The molecular formula is C30H42N4O3. The van der Waals surface area contributed by atoms with Crippen LogP contribution < -0.4 is 20.4 Å². The largest absolute Gasteiger partial charge is 0.384 e. The predicted octanol–water partition coefficient (Wildman–Crippen LogP) is 4.60. The number of hydrogen-bond acceptors (Lipinski definition) is 6. The fourth-order valence-corrected chi connectivity index (χ4v) is 5.97. The molecule has 0 saturated carbocycles. The first-order valence-corrected chi connectivity index (χ1v) is 13.6. The molecule has 0 spiro atoms. The molecule has 2 N–H and O–H groups in total. The molecule has 4 aliphatic heterocycles. The van der Waals surface area contributed by atoms with Crippen molar-refractivity contribution in [2.45, 2.75) is 52.4 Å². The number of fused-ring (bicyclic) bond motifs is 2. The first kappa shape index (κ1) is 25.9. The molecule has 0 unspecified atom stereocenters. The van der Waals surface area contributed by atoms with Gasteiger partial charge in [0.2, 0.25) is 5.91 Å². The highest BCUT2D eigenvalue weighted by atomic mass is 16.5. The minimum Gasteiger partial charge on any atom is -0.384 e. The molecule has 2 saturated heterocycles. The lowest BCUT2D eigenvalue weighted by Crippen LogP contribution is -2.36. The van der Waals surface area contributed by atoms with Crippen LogP contribution in [0.4, 0.5) is 22.7 Å². The molecule has 6 rings (SSSR count). The Labute approximate surface area is 221 Å². The molecule has 200 valence electrons. The van der Waals surface area contributed by atoms with E-state index in [0.29, 0.717) is 0 Å². The summed E-state index contributed by atoms with van der Waals surface area (Å²) in [6.45, 7) is 21.0. The first-order chi connectivity index (χ1) is 17.6. The van der Waals surface area contributed by atoms with Crippen molar-refractivity contribution in [3.05, 3.63) is 46.5 Å². The fraction of sp³-hybridized carbons (Fsp3) is 0.567. The Bertz CT molecular complexity index is 1180. The predicted molar refractivity (Wildman–Crippen MR) is 152 cm³/mol. The molecule has 2 aromatic carbocycles. The van der Waals surface area contributed by atoms with Crippen LogP contribution in [-0.2, 0) is 25.1 Å². The highest BCUT2D eigenvalue weighted by Crippen LogP contribution is 2.43. The van der Waals surface area contributed by atoms with Crippen molar-refractivity contribution in [3.63, 3.8) is 0 Å². The Kier molecular flexibility index (Phi) is 6.88. The van der Waals surface area contributed by atoms with Crippen LogP contribution in [0.5, 0.6) is 0 Å². The van der Waals surface area contributed by atoms with Gasteiger partial charge in [-0.15, -0.1) is 0 Å². The van der Waals surface area contributed by atoms with E-state index in [1.54, 1.807) is 0 Å². The molecule has 0 bridgehead atoms. The molecule has 2 aromatic rings. The van der Waals surface area contributed by atoms with E-state index in [-0.39, 0.29) is 11.3 Å². The van der Waals surface area contributed by atoms with Gasteiger partial charge in [-0.05, 0) is 62.1 Å². The zero-order valence-electron chi connectivity index (χ0n) is 23.3. The Morgan fingerprint density at radius 1 is 0.730 bits per heavy atom. The molecule has 4 heterocycles. The van der Waals surface area contributed by atoms with Crippen LogP contribution in [0.25, 0.3) is 0 Å². The maximum atomic E-state index is 12.0. The zero-order valence-corrected chi connectivity index (χ0v) is 23.3. The van der Waals surface area contributed by atoms with Gasteiger partial charge in [0.25, 0.3) is 0 Å². The van der Waals surface area contributed by atoms with Gasteiger partial charge in [-0.3, -0.25) is 4.79 Å². The van der Waals surface area contributed by atoms with Gasteiger partial charge in [-0.25, -0.2) is 0 Å². The molecule has 1 amide bonds. The van der Waals surface area contributed by atoms with Gasteiger partial charge >= 0.3 is 0 Å². The van der Waals surface area contributed by atoms with Crippen LogP contribution >= 0.6 is 0 Å². The monoisotopic (exact) mass is 506 g/mol. The van der Waals surface area contributed by atoms with E-state index in [1.807, 2.05) is 13.8 Å². The van der Waals surface area contributed by atoms with Crippen LogP contribution in [0.3, 0.4) is 0 Å².